The van der Waals surface area contributed by atoms with Crippen LogP contribution in [0.4, 0.5) is 0 Å². The minimum atomic E-state index is 0.413. The molecular formula is C13H20Br2S. The van der Waals surface area contributed by atoms with Crippen molar-refractivity contribution >= 4 is 43.2 Å². The Labute approximate surface area is 120 Å². The van der Waals surface area contributed by atoms with Crippen LogP contribution in [0.15, 0.2) is 16.8 Å². The van der Waals surface area contributed by atoms with Gasteiger partial charge < -0.3 is 0 Å². The fourth-order valence-corrected chi connectivity index (χ4v) is 4.74. The molecule has 0 bridgehead atoms. The molecule has 0 nitrogen and oxygen atoms in total. The molecule has 0 spiro atoms. The van der Waals surface area contributed by atoms with Crippen LogP contribution in [0.5, 0.6) is 0 Å². The van der Waals surface area contributed by atoms with E-state index in [4.69, 9.17) is 0 Å². The molecule has 1 rings (SSSR count). The maximum Gasteiger partial charge on any atom is 0.00961 e. The quantitative estimate of drug-likeness (QED) is 0.558. The molecule has 0 fully saturated rings. The van der Waals surface area contributed by atoms with Gasteiger partial charge in [0.05, 0.1) is 0 Å². The van der Waals surface area contributed by atoms with Crippen LogP contribution in [0.1, 0.15) is 32.3 Å². The third kappa shape index (κ3) is 4.50. The monoisotopic (exact) mass is 366 g/mol. The maximum absolute atomic E-state index is 3.70. The first-order valence-corrected chi connectivity index (χ1v) is 8.93. The fraction of sp³-hybridized carbons (Fsp3) is 0.692. The minimum absolute atomic E-state index is 0.413. The van der Waals surface area contributed by atoms with Crippen LogP contribution >= 0.6 is 43.2 Å². The first-order chi connectivity index (χ1) is 7.62. The van der Waals surface area contributed by atoms with Gasteiger partial charge in [0.15, 0.2) is 0 Å². The van der Waals surface area contributed by atoms with Crippen molar-refractivity contribution in [3.63, 3.8) is 0 Å². The zero-order valence-corrected chi connectivity index (χ0v) is 14.0. The molecule has 3 heteroatoms. The van der Waals surface area contributed by atoms with Gasteiger partial charge in [-0.05, 0) is 53.0 Å². The van der Waals surface area contributed by atoms with Crippen molar-refractivity contribution in [3.05, 3.63) is 22.4 Å². The molecule has 1 aromatic heterocycles. The predicted molar refractivity (Wildman–Crippen MR) is 82.1 cm³/mol. The van der Waals surface area contributed by atoms with Gasteiger partial charge in [-0.2, -0.15) is 11.3 Å². The molecule has 0 unspecified atom stereocenters. The lowest BCUT2D eigenvalue weighted by Crippen LogP contribution is -2.27. The van der Waals surface area contributed by atoms with Crippen molar-refractivity contribution in [1.29, 1.82) is 0 Å². The van der Waals surface area contributed by atoms with E-state index in [2.05, 4.69) is 62.5 Å². The number of thiophene rings is 1. The Morgan fingerprint density at radius 1 is 1.31 bits per heavy atom. The first-order valence-electron chi connectivity index (χ1n) is 5.75. The summed E-state index contributed by atoms with van der Waals surface area (Å²) in [4.78, 5) is 0. The second kappa shape index (κ2) is 7.17. The van der Waals surface area contributed by atoms with Gasteiger partial charge in [-0.25, -0.2) is 0 Å². The highest BCUT2D eigenvalue weighted by Gasteiger charge is 2.28. The summed E-state index contributed by atoms with van der Waals surface area (Å²) in [6.07, 6.45) is 3.75. The molecule has 0 amide bonds. The lowest BCUT2D eigenvalue weighted by molar-refractivity contribution is 0.284. The Bertz CT molecular complexity index is 276. The van der Waals surface area contributed by atoms with Gasteiger partial charge in [0, 0.05) is 10.7 Å². The van der Waals surface area contributed by atoms with Crippen LogP contribution in [-0.4, -0.2) is 10.7 Å². The molecule has 1 aromatic rings. The summed E-state index contributed by atoms with van der Waals surface area (Å²) in [7, 11) is 0. The van der Waals surface area contributed by atoms with E-state index in [-0.39, 0.29) is 0 Å². The Balaban J connectivity index is 2.56. The Hall–Kier alpha value is 0.660. The second-order valence-corrected chi connectivity index (χ2v) is 6.90. The highest BCUT2D eigenvalue weighted by Crippen LogP contribution is 2.36. The van der Waals surface area contributed by atoms with Crippen LogP contribution in [0.3, 0.4) is 0 Å². The first kappa shape index (κ1) is 14.7. The second-order valence-electron chi connectivity index (χ2n) is 5.00. The Kier molecular flexibility index (Phi) is 6.60. The highest BCUT2D eigenvalue weighted by molar-refractivity contribution is 9.09. The normalized spacial score (nSPS) is 12.3. The lowest BCUT2D eigenvalue weighted by atomic mass is 9.79. The molecule has 0 N–H and O–H groups in total. The standard InChI is InChI=1S/C13H20Br2S/c1-11(2)7-13(9-14,10-15)5-3-12-4-6-16-8-12/h4,6,8,11H,3,5,7,9-10H2,1-2H3. The van der Waals surface area contributed by atoms with Gasteiger partial charge in [-0.15, -0.1) is 0 Å². The van der Waals surface area contributed by atoms with Gasteiger partial charge in [-0.1, -0.05) is 45.7 Å². The molecule has 0 aliphatic rings. The van der Waals surface area contributed by atoms with Crippen LogP contribution in [0.25, 0.3) is 0 Å². The molecule has 0 saturated heterocycles. The van der Waals surface area contributed by atoms with Crippen molar-refractivity contribution < 1.29 is 0 Å². The predicted octanol–water partition coefficient (Wildman–Crippen LogP) is 5.50. The maximum atomic E-state index is 3.70. The molecular weight excluding hydrogens is 348 g/mol. The Morgan fingerprint density at radius 3 is 2.44 bits per heavy atom. The molecule has 0 saturated carbocycles. The summed E-state index contributed by atoms with van der Waals surface area (Å²) in [5, 5.41) is 6.62. The van der Waals surface area contributed by atoms with Crippen molar-refractivity contribution in [3.8, 4) is 0 Å². The summed E-state index contributed by atoms with van der Waals surface area (Å²) in [6, 6.07) is 2.24. The average Bonchev–Trinajstić information content (AvgIpc) is 2.77. The number of hydrogen-bond donors (Lipinski definition) is 0. The van der Waals surface area contributed by atoms with E-state index in [9.17, 15) is 0 Å². The summed E-state index contributed by atoms with van der Waals surface area (Å²) < 4.78 is 0. The third-order valence-corrected chi connectivity index (χ3v) is 6.04. The van der Waals surface area contributed by atoms with Gasteiger partial charge in [0.1, 0.15) is 0 Å². The summed E-state index contributed by atoms with van der Waals surface area (Å²) in [5.74, 6) is 0.762. The van der Waals surface area contributed by atoms with E-state index in [0.29, 0.717) is 5.41 Å². The van der Waals surface area contributed by atoms with E-state index < -0.39 is 0 Å². The van der Waals surface area contributed by atoms with Gasteiger partial charge in [0.2, 0.25) is 0 Å². The summed E-state index contributed by atoms with van der Waals surface area (Å²) in [5.41, 5.74) is 1.90. The molecule has 0 atom stereocenters. The number of hydrogen-bond acceptors (Lipinski definition) is 1. The van der Waals surface area contributed by atoms with Gasteiger partial charge in [-0.3, -0.25) is 0 Å². The SMILES string of the molecule is CC(C)CC(CBr)(CBr)CCc1ccsc1. The molecule has 92 valence electrons. The van der Waals surface area contributed by atoms with Crippen LogP contribution in [-0.2, 0) is 6.42 Å². The average molecular weight is 368 g/mol. The van der Waals surface area contributed by atoms with Crippen molar-refractivity contribution in [2.45, 2.75) is 33.1 Å². The lowest BCUT2D eigenvalue weighted by Gasteiger charge is -2.32. The summed E-state index contributed by atoms with van der Waals surface area (Å²) in [6.45, 7) is 4.62. The molecule has 16 heavy (non-hydrogen) atoms. The number of rotatable bonds is 7. The van der Waals surface area contributed by atoms with Gasteiger partial charge in [0.25, 0.3) is 0 Å². The zero-order chi connectivity index (χ0) is 12.0. The number of alkyl halides is 2. The summed E-state index contributed by atoms with van der Waals surface area (Å²) >= 11 is 9.19. The van der Waals surface area contributed by atoms with Crippen molar-refractivity contribution in [2.24, 2.45) is 11.3 Å². The number of aryl methyl sites for hydroxylation is 1. The minimum Gasteiger partial charge on any atom is -0.152 e. The third-order valence-electron chi connectivity index (χ3n) is 2.93. The largest absolute Gasteiger partial charge is 0.152 e. The molecule has 0 aliphatic carbocycles. The van der Waals surface area contributed by atoms with E-state index in [1.54, 1.807) is 11.3 Å². The van der Waals surface area contributed by atoms with E-state index in [1.807, 2.05) is 0 Å². The van der Waals surface area contributed by atoms with Crippen LogP contribution < -0.4 is 0 Å². The molecule has 0 aromatic carbocycles. The fourth-order valence-electron chi connectivity index (χ4n) is 2.09. The van der Waals surface area contributed by atoms with Crippen molar-refractivity contribution in [1.82, 2.24) is 0 Å². The van der Waals surface area contributed by atoms with Crippen LogP contribution in [0.2, 0.25) is 0 Å². The highest BCUT2D eigenvalue weighted by atomic mass is 79.9. The molecule has 0 aliphatic heterocycles. The van der Waals surface area contributed by atoms with Gasteiger partial charge >= 0.3 is 0 Å². The smallest absolute Gasteiger partial charge is 0.00961 e. The van der Waals surface area contributed by atoms with E-state index >= 15 is 0 Å². The topological polar surface area (TPSA) is 0 Å². The zero-order valence-electron chi connectivity index (χ0n) is 10.0. The van der Waals surface area contributed by atoms with E-state index in [0.717, 1.165) is 16.6 Å². The Morgan fingerprint density at radius 2 is 2.00 bits per heavy atom. The molecule has 0 radical (unpaired) electrons. The van der Waals surface area contributed by atoms with E-state index in [1.165, 1.54) is 24.8 Å². The number of halogens is 2. The van der Waals surface area contributed by atoms with Crippen molar-refractivity contribution in [2.75, 3.05) is 10.7 Å². The van der Waals surface area contributed by atoms with Crippen LogP contribution in [0, 0.1) is 11.3 Å². The molecule has 1 heterocycles.